The van der Waals surface area contributed by atoms with Crippen LogP contribution < -0.4 is 0 Å². The van der Waals surface area contributed by atoms with Gasteiger partial charge in [0.25, 0.3) is 0 Å². The second kappa shape index (κ2) is 8.60. The quantitative estimate of drug-likeness (QED) is 0.536. The fraction of sp³-hybridized carbons (Fsp3) is 0.667. The molecular formula is C18H24Br2O4. The average molecular weight is 464 g/mol. The van der Waals surface area contributed by atoms with Crippen LogP contribution in [0.5, 0.6) is 0 Å². The molecule has 2 fully saturated rings. The number of hydrogen-bond donors (Lipinski definition) is 0. The molecule has 2 saturated heterocycles. The van der Waals surface area contributed by atoms with Crippen molar-refractivity contribution in [2.75, 3.05) is 10.7 Å². The highest BCUT2D eigenvalue weighted by molar-refractivity contribution is 9.09. The van der Waals surface area contributed by atoms with Crippen molar-refractivity contribution in [3.63, 3.8) is 0 Å². The molecule has 1 aromatic rings. The number of rotatable bonds is 8. The van der Waals surface area contributed by atoms with Gasteiger partial charge < -0.3 is 18.9 Å². The minimum absolute atomic E-state index is 0.0399. The lowest BCUT2D eigenvalue weighted by Gasteiger charge is -2.30. The highest BCUT2D eigenvalue weighted by Crippen LogP contribution is 2.43. The molecule has 5 atom stereocenters. The lowest BCUT2D eigenvalue weighted by atomic mass is 10.1. The van der Waals surface area contributed by atoms with E-state index in [4.69, 9.17) is 18.9 Å². The van der Waals surface area contributed by atoms with Crippen LogP contribution in [0.2, 0.25) is 0 Å². The van der Waals surface area contributed by atoms with E-state index in [0.29, 0.717) is 6.61 Å². The summed E-state index contributed by atoms with van der Waals surface area (Å²) >= 11 is 7.00. The fourth-order valence-electron chi connectivity index (χ4n) is 3.33. The van der Waals surface area contributed by atoms with Crippen LogP contribution in [0.15, 0.2) is 30.3 Å². The number of hydrogen-bond acceptors (Lipinski definition) is 4. The van der Waals surface area contributed by atoms with Gasteiger partial charge in [-0.15, -0.1) is 0 Å². The highest BCUT2D eigenvalue weighted by atomic mass is 79.9. The molecule has 1 aromatic carbocycles. The van der Waals surface area contributed by atoms with E-state index in [1.165, 1.54) is 0 Å². The molecule has 0 radical (unpaired) electrons. The van der Waals surface area contributed by atoms with Crippen molar-refractivity contribution in [3.8, 4) is 0 Å². The molecule has 2 aliphatic heterocycles. The molecule has 0 amide bonds. The number of halogens is 2. The van der Waals surface area contributed by atoms with Crippen LogP contribution >= 0.6 is 31.9 Å². The molecule has 134 valence electrons. The van der Waals surface area contributed by atoms with Crippen molar-refractivity contribution in [1.29, 1.82) is 0 Å². The van der Waals surface area contributed by atoms with Gasteiger partial charge in [-0.2, -0.15) is 0 Å². The Bertz CT molecular complexity index is 515. The molecule has 0 saturated carbocycles. The molecule has 2 heterocycles. The molecule has 1 unspecified atom stereocenters. The van der Waals surface area contributed by atoms with E-state index in [0.717, 1.165) is 35.5 Å². The zero-order chi connectivity index (χ0) is 17.0. The van der Waals surface area contributed by atoms with Crippen LogP contribution in [0.4, 0.5) is 0 Å². The van der Waals surface area contributed by atoms with Gasteiger partial charge in [0.2, 0.25) is 0 Å². The normalized spacial score (nSPS) is 35.3. The Labute approximate surface area is 160 Å². The molecule has 0 spiro atoms. The zero-order valence-electron chi connectivity index (χ0n) is 13.8. The first kappa shape index (κ1) is 18.8. The fourth-order valence-corrected chi connectivity index (χ4v) is 4.22. The Hall–Kier alpha value is 0.0200. The molecule has 0 aromatic heterocycles. The third-order valence-corrected chi connectivity index (χ3v) is 5.49. The van der Waals surface area contributed by atoms with E-state index in [2.05, 4.69) is 44.0 Å². The van der Waals surface area contributed by atoms with E-state index < -0.39 is 5.79 Å². The Morgan fingerprint density at radius 3 is 2.58 bits per heavy atom. The molecule has 2 aliphatic rings. The minimum atomic E-state index is -0.568. The summed E-state index contributed by atoms with van der Waals surface area (Å²) in [5, 5.41) is 1.77. The summed E-state index contributed by atoms with van der Waals surface area (Å²) < 4.78 is 24.7. The van der Waals surface area contributed by atoms with Crippen molar-refractivity contribution in [1.82, 2.24) is 0 Å². The molecule has 4 nitrogen and oxygen atoms in total. The van der Waals surface area contributed by atoms with Gasteiger partial charge in [-0.1, -0.05) is 62.2 Å². The van der Waals surface area contributed by atoms with Crippen LogP contribution in [0, 0.1) is 0 Å². The minimum Gasteiger partial charge on any atom is -0.368 e. The highest BCUT2D eigenvalue weighted by Gasteiger charge is 2.56. The van der Waals surface area contributed by atoms with Crippen molar-refractivity contribution in [2.45, 2.75) is 63.2 Å². The molecular weight excluding hydrogens is 440 g/mol. The van der Waals surface area contributed by atoms with Gasteiger partial charge in [0.15, 0.2) is 12.1 Å². The van der Waals surface area contributed by atoms with Crippen LogP contribution in [0.3, 0.4) is 0 Å². The summed E-state index contributed by atoms with van der Waals surface area (Å²) in [5.74, 6) is -0.568. The summed E-state index contributed by atoms with van der Waals surface area (Å²) in [4.78, 5) is 0. The summed E-state index contributed by atoms with van der Waals surface area (Å²) in [6, 6.07) is 10.2. The van der Waals surface area contributed by atoms with Crippen LogP contribution in [-0.2, 0) is 25.6 Å². The monoisotopic (exact) mass is 462 g/mol. The summed E-state index contributed by atoms with van der Waals surface area (Å²) in [7, 11) is 0. The number of ether oxygens (including phenoxy) is 4. The van der Waals surface area contributed by atoms with Crippen LogP contribution in [-0.4, -0.2) is 41.0 Å². The Morgan fingerprint density at radius 1 is 1.08 bits per heavy atom. The zero-order valence-corrected chi connectivity index (χ0v) is 17.0. The number of alkyl halides is 2. The molecule has 0 N–H and O–H groups in total. The molecule has 0 bridgehead atoms. The first-order valence-electron chi connectivity index (χ1n) is 8.46. The van der Waals surface area contributed by atoms with Gasteiger partial charge in [0, 0.05) is 23.5 Å². The Balaban J connectivity index is 1.64. The Morgan fingerprint density at radius 2 is 1.88 bits per heavy atom. The van der Waals surface area contributed by atoms with Crippen LogP contribution in [0.1, 0.15) is 31.7 Å². The maximum Gasteiger partial charge on any atom is 0.190 e. The number of benzene rings is 1. The van der Waals surface area contributed by atoms with Crippen molar-refractivity contribution >= 4 is 31.9 Å². The largest absolute Gasteiger partial charge is 0.368 e. The third-order valence-electron chi connectivity index (χ3n) is 4.54. The maximum atomic E-state index is 6.36. The van der Waals surface area contributed by atoms with Crippen molar-refractivity contribution < 1.29 is 18.9 Å². The van der Waals surface area contributed by atoms with Gasteiger partial charge in [-0.25, -0.2) is 0 Å². The van der Waals surface area contributed by atoms with E-state index >= 15 is 0 Å². The predicted molar refractivity (Wildman–Crippen MR) is 99.5 cm³/mol. The second-order valence-corrected chi connectivity index (χ2v) is 7.90. The van der Waals surface area contributed by atoms with E-state index in [-0.39, 0.29) is 24.6 Å². The standard InChI is InChI=1S/C18H24Br2O4/c1-13-15(21-12-14-6-3-2-4-7-14)16-17(22-13)24-18(23-16,9-11-20)8-5-10-19/h2-4,6-7,13,15-17H,5,8-12H2,1H3/t13-,15+,16-,17-,18?/m1/s1. The molecule has 24 heavy (non-hydrogen) atoms. The first-order valence-corrected chi connectivity index (χ1v) is 10.7. The van der Waals surface area contributed by atoms with E-state index in [1.54, 1.807) is 0 Å². The summed E-state index contributed by atoms with van der Waals surface area (Å²) in [5.41, 5.74) is 1.15. The number of fused-ring (bicyclic) bond motifs is 1. The average Bonchev–Trinajstić information content (AvgIpc) is 3.06. The van der Waals surface area contributed by atoms with Crippen molar-refractivity contribution in [3.05, 3.63) is 35.9 Å². The van der Waals surface area contributed by atoms with Gasteiger partial charge in [0.1, 0.15) is 12.2 Å². The van der Waals surface area contributed by atoms with Gasteiger partial charge in [-0.3, -0.25) is 0 Å². The van der Waals surface area contributed by atoms with Gasteiger partial charge in [0.05, 0.1) is 12.7 Å². The first-order chi connectivity index (χ1) is 11.7. The lowest BCUT2D eigenvalue weighted by Crippen LogP contribution is -2.38. The summed E-state index contributed by atoms with van der Waals surface area (Å²) in [6.07, 6.45) is 1.99. The lowest BCUT2D eigenvalue weighted by molar-refractivity contribution is -0.238. The second-order valence-electron chi connectivity index (χ2n) is 6.31. The topological polar surface area (TPSA) is 36.9 Å². The maximum absolute atomic E-state index is 6.36. The van der Waals surface area contributed by atoms with Crippen LogP contribution in [0.25, 0.3) is 0 Å². The summed E-state index contributed by atoms with van der Waals surface area (Å²) in [6.45, 7) is 2.57. The SMILES string of the molecule is C[C@H]1O[C@@H]2OC(CCBr)(CCCBr)O[C@@H]2[C@H]1OCc1ccccc1. The third kappa shape index (κ3) is 4.22. The Kier molecular flexibility index (Phi) is 6.74. The smallest absolute Gasteiger partial charge is 0.190 e. The van der Waals surface area contributed by atoms with E-state index in [9.17, 15) is 0 Å². The molecule has 0 aliphatic carbocycles. The van der Waals surface area contributed by atoms with Crippen molar-refractivity contribution in [2.24, 2.45) is 0 Å². The van der Waals surface area contributed by atoms with Gasteiger partial charge in [-0.05, 0) is 18.9 Å². The van der Waals surface area contributed by atoms with E-state index in [1.807, 2.05) is 25.1 Å². The van der Waals surface area contributed by atoms with Gasteiger partial charge >= 0.3 is 0 Å². The predicted octanol–water partition coefficient (Wildman–Crippen LogP) is 4.39. The molecule has 3 rings (SSSR count). The molecule has 6 heteroatoms.